The van der Waals surface area contributed by atoms with Crippen LogP contribution in [0.15, 0.2) is 29.1 Å². The van der Waals surface area contributed by atoms with Gasteiger partial charge in [-0.05, 0) is 24.3 Å². The van der Waals surface area contributed by atoms with Crippen LogP contribution in [-0.2, 0) is 4.79 Å². The Balaban J connectivity index is 2.50. The standard InChI is InChI=1S/C11H10ClN5O2/c1-6(18)17(13)10-14-9(15-11(19)16-10)7-2-4-8(12)5-3-7/h2-5H,13H2,1H3,(H,14,15,16,19). The summed E-state index contributed by atoms with van der Waals surface area (Å²) in [7, 11) is 0. The summed E-state index contributed by atoms with van der Waals surface area (Å²) < 4.78 is 0. The van der Waals surface area contributed by atoms with E-state index in [1.54, 1.807) is 24.3 Å². The van der Waals surface area contributed by atoms with Crippen LogP contribution in [0.1, 0.15) is 6.92 Å². The Bertz CT molecular complexity index is 668. The number of hydrogen-bond acceptors (Lipinski definition) is 5. The molecule has 3 N–H and O–H groups in total. The predicted molar refractivity (Wildman–Crippen MR) is 70.4 cm³/mol. The molecule has 0 aliphatic rings. The van der Waals surface area contributed by atoms with Crippen molar-refractivity contribution in [2.24, 2.45) is 5.84 Å². The quantitative estimate of drug-likeness (QED) is 0.478. The van der Waals surface area contributed by atoms with E-state index in [0.717, 1.165) is 0 Å². The Hall–Kier alpha value is -2.25. The number of hydrogen-bond donors (Lipinski definition) is 2. The average molecular weight is 280 g/mol. The van der Waals surface area contributed by atoms with Crippen LogP contribution in [0.3, 0.4) is 0 Å². The van der Waals surface area contributed by atoms with Gasteiger partial charge in [0, 0.05) is 17.5 Å². The van der Waals surface area contributed by atoms with E-state index in [9.17, 15) is 9.59 Å². The molecule has 0 atom stereocenters. The first kappa shape index (κ1) is 13.2. The van der Waals surface area contributed by atoms with Crippen LogP contribution in [-0.4, -0.2) is 20.9 Å². The molecule has 1 aromatic carbocycles. The van der Waals surface area contributed by atoms with Gasteiger partial charge in [-0.3, -0.25) is 9.78 Å². The van der Waals surface area contributed by atoms with Crippen LogP contribution in [0, 0.1) is 0 Å². The van der Waals surface area contributed by atoms with Gasteiger partial charge in [-0.15, -0.1) is 0 Å². The van der Waals surface area contributed by atoms with E-state index >= 15 is 0 Å². The number of amides is 1. The summed E-state index contributed by atoms with van der Waals surface area (Å²) in [6.45, 7) is 1.24. The average Bonchev–Trinajstić information content (AvgIpc) is 2.37. The summed E-state index contributed by atoms with van der Waals surface area (Å²) in [5.74, 6) is 5.07. The van der Waals surface area contributed by atoms with Crippen molar-refractivity contribution in [2.45, 2.75) is 6.92 Å². The van der Waals surface area contributed by atoms with E-state index in [1.165, 1.54) is 6.92 Å². The fourth-order valence-electron chi connectivity index (χ4n) is 1.37. The number of nitrogens with two attached hydrogens (primary N) is 1. The van der Waals surface area contributed by atoms with Crippen molar-refractivity contribution in [2.75, 3.05) is 5.01 Å². The first-order chi connectivity index (χ1) is 8.97. The molecule has 0 radical (unpaired) electrons. The van der Waals surface area contributed by atoms with Crippen molar-refractivity contribution in [1.29, 1.82) is 0 Å². The van der Waals surface area contributed by atoms with Gasteiger partial charge < -0.3 is 0 Å². The lowest BCUT2D eigenvalue weighted by atomic mass is 10.2. The Morgan fingerprint density at radius 3 is 2.53 bits per heavy atom. The zero-order valence-electron chi connectivity index (χ0n) is 9.92. The fraction of sp³-hybridized carbons (Fsp3) is 0.0909. The third kappa shape index (κ3) is 2.95. The van der Waals surface area contributed by atoms with Crippen molar-refractivity contribution < 1.29 is 4.79 Å². The summed E-state index contributed by atoms with van der Waals surface area (Å²) in [5.41, 5.74) is -0.0197. The van der Waals surface area contributed by atoms with E-state index in [2.05, 4.69) is 15.0 Å². The number of aromatic nitrogens is 3. The largest absolute Gasteiger partial charge is 0.349 e. The number of carbonyl (C=O) groups excluding carboxylic acids is 1. The maximum absolute atomic E-state index is 11.5. The number of halogens is 1. The van der Waals surface area contributed by atoms with E-state index in [1.807, 2.05) is 0 Å². The Morgan fingerprint density at radius 1 is 1.32 bits per heavy atom. The number of nitrogens with zero attached hydrogens (tertiary/aromatic N) is 3. The number of benzene rings is 1. The zero-order valence-corrected chi connectivity index (χ0v) is 10.7. The summed E-state index contributed by atoms with van der Waals surface area (Å²) in [6, 6.07) is 6.67. The van der Waals surface area contributed by atoms with Gasteiger partial charge in [-0.2, -0.15) is 9.97 Å². The molecule has 0 unspecified atom stereocenters. The molecule has 0 saturated heterocycles. The monoisotopic (exact) mass is 279 g/mol. The number of rotatable bonds is 2. The van der Waals surface area contributed by atoms with E-state index < -0.39 is 11.6 Å². The smallest absolute Gasteiger partial charge is 0.290 e. The summed E-state index contributed by atoms with van der Waals surface area (Å²) >= 11 is 5.78. The van der Waals surface area contributed by atoms with Crippen molar-refractivity contribution in [3.05, 3.63) is 39.8 Å². The Morgan fingerprint density at radius 2 is 1.95 bits per heavy atom. The Labute approximate surface area is 113 Å². The molecule has 0 saturated carbocycles. The molecule has 98 valence electrons. The molecule has 19 heavy (non-hydrogen) atoms. The van der Waals surface area contributed by atoms with Gasteiger partial charge in [0.05, 0.1) is 0 Å². The topological polar surface area (TPSA) is 105 Å². The minimum absolute atomic E-state index is 0.166. The lowest BCUT2D eigenvalue weighted by Crippen LogP contribution is -2.38. The van der Waals surface area contributed by atoms with Crippen LogP contribution in [0.5, 0.6) is 0 Å². The molecule has 2 aromatic rings. The third-order valence-corrected chi connectivity index (χ3v) is 2.56. The van der Waals surface area contributed by atoms with Crippen LogP contribution in [0.25, 0.3) is 11.4 Å². The molecule has 1 aromatic heterocycles. The van der Waals surface area contributed by atoms with Crippen LogP contribution >= 0.6 is 11.6 Å². The molecule has 0 fully saturated rings. The van der Waals surface area contributed by atoms with Crippen LogP contribution in [0.2, 0.25) is 5.02 Å². The van der Waals surface area contributed by atoms with E-state index in [0.29, 0.717) is 15.6 Å². The van der Waals surface area contributed by atoms with Gasteiger partial charge >= 0.3 is 5.69 Å². The molecule has 1 heterocycles. The minimum atomic E-state index is -0.647. The highest BCUT2D eigenvalue weighted by Crippen LogP contribution is 2.17. The van der Waals surface area contributed by atoms with E-state index in [-0.39, 0.29) is 11.8 Å². The molecule has 0 aliphatic heterocycles. The molecule has 0 aliphatic carbocycles. The number of aromatic amines is 1. The summed E-state index contributed by atoms with van der Waals surface area (Å²) in [6.07, 6.45) is 0. The highest BCUT2D eigenvalue weighted by Gasteiger charge is 2.13. The number of carbonyl (C=O) groups is 1. The summed E-state index contributed by atoms with van der Waals surface area (Å²) in [5, 5.41) is 1.26. The molecular weight excluding hydrogens is 270 g/mol. The number of hydrazine groups is 1. The number of H-pyrrole nitrogens is 1. The van der Waals surface area contributed by atoms with Crippen molar-refractivity contribution >= 4 is 23.5 Å². The maximum Gasteiger partial charge on any atom is 0.349 e. The highest BCUT2D eigenvalue weighted by atomic mass is 35.5. The first-order valence-electron chi connectivity index (χ1n) is 5.27. The van der Waals surface area contributed by atoms with E-state index in [4.69, 9.17) is 17.4 Å². The van der Waals surface area contributed by atoms with Gasteiger partial charge in [0.25, 0.3) is 5.95 Å². The maximum atomic E-state index is 11.5. The second-order valence-electron chi connectivity index (χ2n) is 3.70. The van der Waals surface area contributed by atoms with Gasteiger partial charge in [0.1, 0.15) is 5.82 Å². The Kier molecular flexibility index (Phi) is 3.59. The van der Waals surface area contributed by atoms with Gasteiger partial charge in [0.15, 0.2) is 0 Å². The molecule has 8 heteroatoms. The number of nitrogens with one attached hydrogen (secondary N) is 1. The molecule has 2 rings (SSSR count). The van der Waals surface area contributed by atoms with Crippen LogP contribution < -0.4 is 16.5 Å². The van der Waals surface area contributed by atoms with Gasteiger partial charge in [-0.25, -0.2) is 15.6 Å². The lowest BCUT2D eigenvalue weighted by Gasteiger charge is -2.11. The zero-order chi connectivity index (χ0) is 14.0. The van der Waals surface area contributed by atoms with Crippen molar-refractivity contribution in [1.82, 2.24) is 15.0 Å². The predicted octanol–water partition coefficient (Wildman–Crippen LogP) is 0.712. The van der Waals surface area contributed by atoms with Crippen molar-refractivity contribution in [3.8, 4) is 11.4 Å². The van der Waals surface area contributed by atoms with Crippen molar-refractivity contribution in [3.63, 3.8) is 0 Å². The minimum Gasteiger partial charge on any atom is -0.290 e. The molecular formula is C11H10ClN5O2. The van der Waals surface area contributed by atoms with Gasteiger partial charge in [0.2, 0.25) is 5.91 Å². The van der Waals surface area contributed by atoms with Crippen LogP contribution in [0.4, 0.5) is 5.95 Å². The molecule has 0 spiro atoms. The molecule has 0 bridgehead atoms. The third-order valence-electron chi connectivity index (χ3n) is 2.31. The summed E-state index contributed by atoms with van der Waals surface area (Å²) in [4.78, 5) is 32.6. The molecule has 7 nitrogen and oxygen atoms in total. The second kappa shape index (κ2) is 5.17. The number of anilines is 1. The first-order valence-corrected chi connectivity index (χ1v) is 5.65. The normalized spacial score (nSPS) is 10.3. The van der Waals surface area contributed by atoms with Gasteiger partial charge in [-0.1, -0.05) is 11.6 Å². The second-order valence-corrected chi connectivity index (χ2v) is 4.13. The highest BCUT2D eigenvalue weighted by molar-refractivity contribution is 6.30. The molecule has 1 amide bonds. The fourth-order valence-corrected chi connectivity index (χ4v) is 1.49. The lowest BCUT2D eigenvalue weighted by molar-refractivity contribution is -0.116. The SMILES string of the molecule is CC(=O)N(N)c1nc(-c2ccc(Cl)cc2)[nH]c(=O)n1.